The first kappa shape index (κ1) is 19.7. The molecule has 0 aliphatic carbocycles. The average Bonchev–Trinajstić information content (AvgIpc) is 2.99. The molecule has 136 valence electrons. The average molecular weight is 402 g/mol. The van der Waals surface area contributed by atoms with Gasteiger partial charge >= 0.3 is 5.97 Å². The number of nitrogens with one attached hydrogen (secondary N) is 1. The van der Waals surface area contributed by atoms with Crippen LogP contribution in [0.25, 0.3) is 0 Å². The molecule has 0 amide bonds. The van der Waals surface area contributed by atoms with Crippen molar-refractivity contribution < 1.29 is 17.9 Å². The van der Waals surface area contributed by atoms with Crippen molar-refractivity contribution in [3.05, 3.63) is 29.3 Å². The van der Waals surface area contributed by atoms with Gasteiger partial charge in [0.1, 0.15) is 0 Å². The maximum absolute atomic E-state index is 12.6. The fourth-order valence-electron chi connectivity index (χ4n) is 1.85. The highest BCUT2D eigenvalue weighted by Gasteiger charge is 2.21. The van der Waals surface area contributed by atoms with Crippen LogP contribution < -0.4 is 4.72 Å². The first-order valence-corrected chi connectivity index (χ1v) is 10.7. The maximum Gasteiger partial charge on any atom is 0.337 e. The molecule has 0 unspecified atom stereocenters. The number of nitrogens with zero attached hydrogens (tertiary/aromatic N) is 2. The van der Waals surface area contributed by atoms with Crippen LogP contribution in [0, 0.1) is 12.8 Å². The SMILES string of the molecule is COC(=O)c1ccc(C)c(S(=O)(=O)Nc2nnc(SCC(C)C)s2)c1. The van der Waals surface area contributed by atoms with Crippen LogP contribution in [0.2, 0.25) is 0 Å². The molecule has 10 heteroatoms. The largest absolute Gasteiger partial charge is 0.465 e. The van der Waals surface area contributed by atoms with E-state index >= 15 is 0 Å². The molecular weight excluding hydrogens is 382 g/mol. The van der Waals surface area contributed by atoms with E-state index in [2.05, 4.69) is 33.5 Å². The fourth-order valence-corrected chi connectivity index (χ4v) is 5.08. The predicted octanol–water partition coefficient (Wildman–Crippen LogP) is 3.18. The van der Waals surface area contributed by atoms with Gasteiger partial charge in [0.15, 0.2) is 4.34 Å². The van der Waals surface area contributed by atoms with E-state index in [1.165, 1.54) is 42.3 Å². The monoisotopic (exact) mass is 401 g/mol. The Labute approximate surface area is 155 Å². The number of carbonyl (C=O) groups excluding carboxylic acids is 1. The van der Waals surface area contributed by atoms with Crippen molar-refractivity contribution >= 4 is 44.2 Å². The lowest BCUT2D eigenvalue weighted by Gasteiger charge is -2.09. The van der Waals surface area contributed by atoms with Crippen molar-refractivity contribution in [2.45, 2.75) is 30.0 Å². The lowest BCUT2D eigenvalue weighted by Crippen LogP contribution is -2.15. The zero-order valence-corrected chi connectivity index (χ0v) is 16.7. The topological polar surface area (TPSA) is 98.2 Å². The molecule has 0 bridgehead atoms. The van der Waals surface area contributed by atoms with Gasteiger partial charge in [-0.3, -0.25) is 4.72 Å². The second kappa shape index (κ2) is 8.15. The van der Waals surface area contributed by atoms with Gasteiger partial charge in [-0.25, -0.2) is 13.2 Å². The van der Waals surface area contributed by atoms with Crippen LogP contribution in [0.3, 0.4) is 0 Å². The molecule has 1 aromatic carbocycles. The zero-order chi connectivity index (χ0) is 18.6. The Balaban J connectivity index is 2.23. The Morgan fingerprint density at radius 1 is 1.36 bits per heavy atom. The maximum atomic E-state index is 12.6. The zero-order valence-electron chi connectivity index (χ0n) is 14.3. The Kier molecular flexibility index (Phi) is 6.42. The van der Waals surface area contributed by atoms with Gasteiger partial charge in [0, 0.05) is 5.75 Å². The van der Waals surface area contributed by atoms with Gasteiger partial charge in [-0.15, -0.1) is 10.2 Å². The number of ether oxygens (including phenoxy) is 1. The van der Waals surface area contributed by atoms with Crippen LogP contribution in [-0.2, 0) is 14.8 Å². The van der Waals surface area contributed by atoms with E-state index in [9.17, 15) is 13.2 Å². The van der Waals surface area contributed by atoms with Gasteiger partial charge in [-0.2, -0.15) is 0 Å². The van der Waals surface area contributed by atoms with Crippen molar-refractivity contribution in [3.8, 4) is 0 Å². The van der Waals surface area contributed by atoms with E-state index < -0.39 is 16.0 Å². The number of esters is 1. The molecule has 25 heavy (non-hydrogen) atoms. The van der Waals surface area contributed by atoms with Gasteiger partial charge in [0.05, 0.1) is 17.6 Å². The molecule has 0 aliphatic rings. The first-order valence-electron chi connectivity index (χ1n) is 7.41. The summed E-state index contributed by atoms with van der Waals surface area (Å²) in [5.74, 6) is 0.777. The highest BCUT2D eigenvalue weighted by Crippen LogP contribution is 2.29. The molecule has 0 saturated heterocycles. The molecule has 7 nitrogen and oxygen atoms in total. The molecule has 2 aromatic rings. The summed E-state index contributed by atoms with van der Waals surface area (Å²) in [7, 11) is -2.64. The number of thioether (sulfide) groups is 1. The summed E-state index contributed by atoms with van der Waals surface area (Å²) >= 11 is 2.71. The van der Waals surface area contributed by atoms with Crippen LogP contribution in [0.4, 0.5) is 5.13 Å². The minimum Gasteiger partial charge on any atom is -0.465 e. The number of aryl methyl sites for hydroxylation is 1. The summed E-state index contributed by atoms with van der Waals surface area (Å²) < 4.78 is 33.0. The first-order chi connectivity index (χ1) is 11.7. The third-order valence-electron chi connectivity index (χ3n) is 3.07. The van der Waals surface area contributed by atoms with E-state index in [1.54, 1.807) is 13.0 Å². The number of rotatable bonds is 7. The summed E-state index contributed by atoms with van der Waals surface area (Å²) in [6, 6.07) is 4.37. The number of benzene rings is 1. The smallest absolute Gasteiger partial charge is 0.337 e. The summed E-state index contributed by atoms with van der Waals surface area (Å²) in [5, 5.41) is 8.04. The Morgan fingerprint density at radius 3 is 2.72 bits per heavy atom. The van der Waals surface area contributed by atoms with E-state index in [4.69, 9.17) is 0 Å². The van der Waals surface area contributed by atoms with Gasteiger partial charge in [0.25, 0.3) is 10.0 Å². The van der Waals surface area contributed by atoms with E-state index in [0.717, 1.165) is 5.75 Å². The third-order valence-corrected chi connectivity index (χ3v) is 7.08. The van der Waals surface area contributed by atoms with Crippen LogP contribution >= 0.6 is 23.1 Å². The van der Waals surface area contributed by atoms with Crippen molar-refractivity contribution in [2.24, 2.45) is 5.92 Å². The minimum absolute atomic E-state index is 0.00184. The Bertz CT molecular complexity index is 863. The summed E-state index contributed by atoms with van der Waals surface area (Å²) in [6.45, 7) is 5.84. The Hall–Kier alpha value is -1.65. The number of aromatic nitrogens is 2. The summed E-state index contributed by atoms with van der Waals surface area (Å²) in [4.78, 5) is 11.6. The van der Waals surface area contributed by atoms with E-state index in [0.29, 0.717) is 15.8 Å². The van der Waals surface area contributed by atoms with Crippen molar-refractivity contribution in [2.75, 3.05) is 17.6 Å². The normalized spacial score (nSPS) is 11.6. The van der Waals surface area contributed by atoms with Crippen LogP contribution in [0.5, 0.6) is 0 Å². The van der Waals surface area contributed by atoms with Crippen molar-refractivity contribution in [1.82, 2.24) is 10.2 Å². The molecule has 0 fully saturated rings. The molecule has 1 heterocycles. The number of anilines is 1. The second-order valence-electron chi connectivity index (χ2n) is 5.66. The highest BCUT2D eigenvalue weighted by molar-refractivity contribution is 8.01. The molecule has 0 spiro atoms. The number of carbonyl (C=O) groups is 1. The van der Waals surface area contributed by atoms with E-state index in [-0.39, 0.29) is 15.6 Å². The van der Waals surface area contributed by atoms with E-state index in [1.807, 2.05) is 0 Å². The molecular formula is C15H19N3O4S3. The minimum atomic E-state index is -3.89. The molecule has 0 radical (unpaired) electrons. The molecule has 0 saturated carbocycles. The van der Waals surface area contributed by atoms with Gasteiger partial charge in [0.2, 0.25) is 5.13 Å². The van der Waals surface area contributed by atoms with Gasteiger partial charge < -0.3 is 4.74 Å². The molecule has 2 rings (SSSR count). The number of hydrogen-bond donors (Lipinski definition) is 1. The second-order valence-corrected chi connectivity index (χ2v) is 9.55. The lowest BCUT2D eigenvalue weighted by atomic mass is 10.1. The number of methoxy groups -OCH3 is 1. The molecule has 0 aliphatic heterocycles. The highest BCUT2D eigenvalue weighted by atomic mass is 32.2. The van der Waals surface area contributed by atoms with Gasteiger partial charge in [-0.1, -0.05) is 43.0 Å². The number of hydrogen-bond acceptors (Lipinski definition) is 8. The standard InChI is InChI=1S/C15H19N3O4S3/c1-9(2)8-23-15-17-16-14(24-15)18-25(20,21)12-7-11(13(19)22-4)6-5-10(12)3/h5-7,9H,8H2,1-4H3,(H,16,18). The molecule has 1 aromatic heterocycles. The quantitative estimate of drug-likeness (QED) is 0.562. The molecule has 0 atom stereocenters. The van der Waals surface area contributed by atoms with Crippen LogP contribution in [0.1, 0.15) is 29.8 Å². The van der Waals surface area contributed by atoms with Crippen molar-refractivity contribution in [1.29, 1.82) is 0 Å². The predicted molar refractivity (Wildman–Crippen MR) is 98.8 cm³/mol. The summed E-state index contributed by atoms with van der Waals surface area (Å²) in [5.41, 5.74) is 0.679. The van der Waals surface area contributed by atoms with Crippen LogP contribution in [-0.4, -0.2) is 37.4 Å². The molecule has 1 N–H and O–H groups in total. The van der Waals surface area contributed by atoms with Crippen molar-refractivity contribution in [3.63, 3.8) is 0 Å². The van der Waals surface area contributed by atoms with Crippen LogP contribution in [0.15, 0.2) is 27.4 Å². The van der Waals surface area contributed by atoms with Gasteiger partial charge in [-0.05, 0) is 30.5 Å². The Morgan fingerprint density at radius 2 is 2.08 bits per heavy atom. The fraction of sp³-hybridized carbons (Fsp3) is 0.400. The summed E-state index contributed by atoms with van der Waals surface area (Å²) in [6.07, 6.45) is 0. The lowest BCUT2D eigenvalue weighted by molar-refractivity contribution is 0.0600. The third kappa shape index (κ3) is 5.16. The number of sulfonamides is 1.